The predicted molar refractivity (Wildman–Crippen MR) is 100 cm³/mol. The number of fused-ring (bicyclic) bond motifs is 1. The van der Waals surface area contributed by atoms with E-state index < -0.39 is 23.7 Å². The van der Waals surface area contributed by atoms with Gasteiger partial charge in [0.15, 0.2) is 11.9 Å². The van der Waals surface area contributed by atoms with E-state index in [4.69, 9.17) is 9.15 Å². The molecule has 0 saturated heterocycles. The number of rotatable bonds is 5. The van der Waals surface area contributed by atoms with Crippen molar-refractivity contribution in [3.05, 3.63) is 57.9 Å². The van der Waals surface area contributed by atoms with Crippen LogP contribution in [0, 0.1) is 26.6 Å². The van der Waals surface area contributed by atoms with E-state index in [0.717, 1.165) is 0 Å². The molecule has 0 bridgehead atoms. The van der Waals surface area contributed by atoms with Crippen LogP contribution in [-0.4, -0.2) is 28.6 Å². The molecule has 0 aliphatic heterocycles. The van der Waals surface area contributed by atoms with Crippen LogP contribution >= 0.6 is 0 Å². The van der Waals surface area contributed by atoms with Crippen molar-refractivity contribution in [2.75, 3.05) is 0 Å². The highest BCUT2D eigenvalue weighted by molar-refractivity contribution is 6.06. The molecule has 3 aromatic rings. The number of nitrogens with one attached hydrogen (secondary N) is 1. The van der Waals surface area contributed by atoms with E-state index in [1.54, 1.807) is 20.8 Å². The number of aromatic nitrogens is 1. The molecule has 0 amide bonds. The second-order valence-electron chi connectivity index (χ2n) is 6.79. The van der Waals surface area contributed by atoms with Crippen LogP contribution in [-0.2, 0) is 4.74 Å². The summed E-state index contributed by atoms with van der Waals surface area (Å²) < 4.78 is 24.2. The molecule has 7 heteroatoms. The first-order valence-corrected chi connectivity index (χ1v) is 8.75. The lowest BCUT2D eigenvalue weighted by Gasteiger charge is -2.11. The molecule has 146 valence electrons. The van der Waals surface area contributed by atoms with Gasteiger partial charge in [-0.15, -0.1) is 0 Å². The van der Waals surface area contributed by atoms with Gasteiger partial charge in [0.25, 0.3) is 0 Å². The van der Waals surface area contributed by atoms with Crippen LogP contribution in [0.5, 0.6) is 0 Å². The highest BCUT2D eigenvalue weighted by Crippen LogP contribution is 2.27. The highest BCUT2D eigenvalue weighted by Gasteiger charge is 2.28. The number of aryl methyl sites for hydroxylation is 2. The van der Waals surface area contributed by atoms with Crippen molar-refractivity contribution >= 4 is 28.5 Å². The summed E-state index contributed by atoms with van der Waals surface area (Å²) >= 11 is 0. The number of benzene rings is 1. The summed E-state index contributed by atoms with van der Waals surface area (Å²) in [6.45, 7) is 7.86. The van der Waals surface area contributed by atoms with Crippen LogP contribution in [0.1, 0.15) is 62.1 Å². The summed E-state index contributed by atoms with van der Waals surface area (Å²) in [5.41, 5.74) is 2.58. The van der Waals surface area contributed by atoms with Crippen LogP contribution in [0.3, 0.4) is 0 Å². The van der Waals surface area contributed by atoms with Crippen molar-refractivity contribution in [1.29, 1.82) is 0 Å². The Kier molecular flexibility index (Phi) is 4.93. The van der Waals surface area contributed by atoms with Crippen molar-refractivity contribution in [3.8, 4) is 0 Å². The van der Waals surface area contributed by atoms with Gasteiger partial charge < -0.3 is 14.1 Å². The quantitative estimate of drug-likeness (QED) is 0.517. The number of carbonyl (C=O) groups is 3. The average Bonchev–Trinajstić information content (AvgIpc) is 3.10. The lowest BCUT2D eigenvalue weighted by Crippen LogP contribution is -2.25. The summed E-state index contributed by atoms with van der Waals surface area (Å²) in [7, 11) is 0. The molecule has 0 spiro atoms. The SMILES string of the molecule is CC(=O)c1c(C)[nH]c(C(=O)[C@H](C)OC(=O)c2oc3ccc(F)cc3c2C)c1C. The molecule has 0 aliphatic carbocycles. The smallest absolute Gasteiger partial charge is 0.375 e. The Bertz CT molecular complexity index is 1120. The number of halogens is 1. The first-order valence-electron chi connectivity index (χ1n) is 8.75. The van der Waals surface area contributed by atoms with Crippen LogP contribution in [0.4, 0.5) is 4.39 Å². The highest BCUT2D eigenvalue weighted by atomic mass is 19.1. The molecule has 28 heavy (non-hydrogen) atoms. The van der Waals surface area contributed by atoms with Crippen LogP contribution < -0.4 is 0 Å². The third-order valence-electron chi connectivity index (χ3n) is 4.77. The molecular formula is C21H20FNO5. The van der Waals surface area contributed by atoms with Crippen molar-refractivity contribution in [1.82, 2.24) is 4.98 Å². The van der Waals surface area contributed by atoms with Gasteiger partial charge in [-0.2, -0.15) is 0 Å². The van der Waals surface area contributed by atoms with E-state index in [-0.39, 0.29) is 17.2 Å². The Labute approximate surface area is 160 Å². The van der Waals surface area contributed by atoms with Crippen LogP contribution in [0.15, 0.2) is 22.6 Å². The van der Waals surface area contributed by atoms with Gasteiger partial charge in [-0.05, 0) is 58.4 Å². The monoisotopic (exact) mass is 385 g/mol. The lowest BCUT2D eigenvalue weighted by atomic mass is 10.0. The number of hydrogen-bond donors (Lipinski definition) is 1. The molecule has 0 aliphatic rings. The normalized spacial score (nSPS) is 12.2. The zero-order valence-corrected chi connectivity index (χ0v) is 16.2. The van der Waals surface area contributed by atoms with Gasteiger partial charge >= 0.3 is 5.97 Å². The van der Waals surface area contributed by atoms with E-state index in [1.165, 1.54) is 32.0 Å². The fourth-order valence-electron chi connectivity index (χ4n) is 3.38. The second-order valence-corrected chi connectivity index (χ2v) is 6.79. The van der Waals surface area contributed by atoms with Gasteiger partial charge in [0.2, 0.25) is 11.5 Å². The van der Waals surface area contributed by atoms with Gasteiger partial charge in [0, 0.05) is 22.2 Å². The minimum Gasteiger partial charge on any atom is -0.449 e. The second kappa shape index (κ2) is 7.07. The third-order valence-corrected chi connectivity index (χ3v) is 4.77. The average molecular weight is 385 g/mol. The largest absolute Gasteiger partial charge is 0.449 e. The maximum atomic E-state index is 13.4. The number of H-pyrrole nitrogens is 1. The molecule has 0 unspecified atom stereocenters. The van der Waals surface area contributed by atoms with Crippen molar-refractivity contribution in [2.45, 2.75) is 40.7 Å². The van der Waals surface area contributed by atoms with Gasteiger partial charge in [0.05, 0.1) is 5.69 Å². The molecule has 1 aromatic carbocycles. The van der Waals surface area contributed by atoms with Gasteiger partial charge in [-0.25, -0.2) is 9.18 Å². The molecule has 0 radical (unpaired) electrons. The molecule has 1 atom stereocenters. The summed E-state index contributed by atoms with van der Waals surface area (Å²) in [6.07, 6.45) is -1.10. The van der Waals surface area contributed by atoms with Crippen LogP contribution in [0.2, 0.25) is 0 Å². The standard InChI is InChI=1S/C21H20FNO5/c1-9-15-8-14(22)6-7-16(15)28-20(9)21(26)27-13(5)19(25)18-10(2)17(12(4)24)11(3)23-18/h6-8,13,23H,1-5H3/t13-/m0/s1. The summed E-state index contributed by atoms with van der Waals surface area (Å²) in [5.74, 6) is -1.95. The van der Waals surface area contributed by atoms with Crippen molar-refractivity contribution < 1.29 is 27.9 Å². The number of ether oxygens (including phenoxy) is 1. The predicted octanol–water partition coefficient (Wildman–Crippen LogP) is 4.46. The lowest BCUT2D eigenvalue weighted by molar-refractivity contribution is 0.0288. The van der Waals surface area contributed by atoms with Gasteiger partial charge in [0.1, 0.15) is 11.4 Å². The Morgan fingerprint density at radius 2 is 1.82 bits per heavy atom. The fraction of sp³-hybridized carbons (Fsp3) is 0.286. The van der Waals surface area contributed by atoms with Crippen molar-refractivity contribution in [3.63, 3.8) is 0 Å². The molecule has 0 fully saturated rings. The molecule has 3 rings (SSSR count). The number of carbonyl (C=O) groups excluding carboxylic acids is 3. The molecule has 6 nitrogen and oxygen atoms in total. The third kappa shape index (κ3) is 3.24. The number of furan rings is 1. The molecule has 2 aromatic heterocycles. The number of aromatic amines is 1. The topological polar surface area (TPSA) is 89.4 Å². The number of hydrogen-bond acceptors (Lipinski definition) is 5. The summed E-state index contributed by atoms with van der Waals surface area (Å²) in [4.78, 5) is 39.9. The molecule has 0 saturated carbocycles. The van der Waals surface area contributed by atoms with E-state index in [2.05, 4.69) is 4.98 Å². The summed E-state index contributed by atoms with van der Waals surface area (Å²) in [5, 5.41) is 0.466. The van der Waals surface area contributed by atoms with Gasteiger partial charge in [-0.1, -0.05) is 0 Å². The van der Waals surface area contributed by atoms with Gasteiger partial charge in [-0.3, -0.25) is 9.59 Å². The fourth-order valence-corrected chi connectivity index (χ4v) is 3.38. The molecular weight excluding hydrogens is 365 g/mol. The van der Waals surface area contributed by atoms with E-state index >= 15 is 0 Å². The maximum absolute atomic E-state index is 13.4. The number of esters is 1. The number of ketones is 2. The van der Waals surface area contributed by atoms with E-state index in [1.807, 2.05) is 0 Å². The molecule has 2 heterocycles. The first kappa shape index (κ1) is 19.5. The maximum Gasteiger partial charge on any atom is 0.375 e. The Morgan fingerprint density at radius 3 is 2.43 bits per heavy atom. The van der Waals surface area contributed by atoms with Crippen molar-refractivity contribution in [2.24, 2.45) is 0 Å². The van der Waals surface area contributed by atoms with Crippen LogP contribution in [0.25, 0.3) is 11.0 Å². The Hall–Kier alpha value is -3.22. The minimum absolute atomic E-state index is 0.0796. The first-order chi connectivity index (χ1) is 13.1. The Balaban J connectivity index is 1.85. The minimum atomic E-state index is -1.10. The Morgan fingerprint density at radius 1 is 1.14 bits per heavy atom. The van der Waals surface area contributed by atoms with E-state index in [0.29, 0.717) is 33.4 Å². The van der Waals surface area contributed by atoms with E-state index in [9.17, 15) is 18.8 Å². The summed E-state index contributed by atoms with van der Waals surface area (Å²) in [6, 6.07) is 3.93. The molecule has 1 N–H and O–H groups in total. The zero-order chi connectivity index (χ0) is 20.7. The number of Topliss-reactive ketones (excluding diaryl/α,β-unsaturated/α-hetero) is 2. The zero-order valence-electron chi connectivity index (χ0n) is 16.2.